The average molecular weight is 421 g/mol. The Morgan fingerprint density at radius 3 is 2.74 bits per heavy atom. The van der Waals surface area contributed by atoms with Crippen LogP contribution in [-0.4, -0.2) is 41.1 Å². The number of aromatic nitrogens is 2. The molecule has 2 heterocycles. The lowest BCUT2D eigenvalue weighted by Crippen LogP contribution is -2.43. The van der Waals surface area contributed by atoms with E-state index in [1.165, 1.54) is 0 Å². The van der Waals surface area contributed by atoms with Gasteiger partial charge in [0.1, 0.15) is 5.75 Å². The van der Waals surface area contributed by atoms with E-state index in [9.17, 15) is 4.79 Å². The van der Waals surface area contributed by atoms with Crippen molar-refractivity contribution in [3.8, 4) is 17.1 Å². The van der Waals surface area contributed by atoms with Crippen molar-refractivity contribution in [2.24, 2.45) is 5.92 Å². The Hall–Kier alpha value is -3.19. The Balaban J connectivity index is 1.32. The van der Waals surface area contributed by atoms with Gasteiger partial charge in [-0.15, -0.1) is 0 Å². The number of piperidine rings is 1. The minimum absolute atomic E-state index is 0.0500. The molecule has 1 saturated heterocycles. The van der Waals surface area contributed by atoms with E-state index >= 15 is 0 Å². The first-order valence-corrected chi connectivity index (χ1v) is 10.7. The van der Waals surface area contributed by atoms with Gasteiger partial charge in [0.15, 0.2) is 0 Å². The molecule has 1 aliphatic heterocycles. The molecule has 1 aliphatic rings. The van der Waals surface area contributed by atoms with Crippen LogP contribution in [0.1, 0.15) is 37.3 Å². The highest BCUT2D eigenvalue weighted by Crippen LogP contribution is 2.22. The minimum atomic E-state index is -0.0573. The van der Waals surface area contributed by atoms with Crippen LogP contribution in [-0.2, 0) is 11.3 Å². The number of nitrogens with zero attached hydrogens (tertiary/aromatic N) is 3. The van der Waals surface area contributed by atoms with Crippen LogP contribution in [0.3, 0.4) is 0 Å². The molecule has 0 radical (unpaired) electrons. The van der Waals surface area contributed by atoms with Crippen LogP contribution >= 0.6 is 0 Å². The first kappa shape index (κ1) is 21.1. The maximum absolute atomic E-state index is 12.9. The second-order valence-corrected chi connectivity index (χ2v) is 7.96. The van der Waals surface area contributed by atoms with Gasteiger partial charge in [0.25, 0.3) is 0 Å². The lowest BCUT2D eigenvalue weighted by molar-refractivity contribution is -0.127. The van der Waals surface area contributed by atoms with Gasteiger partial charge in [0, 0.05) is 12.1 Å². The van der Waals surface area contributed by atoms with Crippen molar-refractivity contribution < 1.29 is 14.1 Å². The Morgan fingerprint density at radius 2 is 2.00 bits per heavy atom. The van der Waals surface area contributed by atoms with E-state index in [4.69, 9.17) is 9.26 Å². The lowest BCUT2D eigenvalue weighted by atomic mass is 9.96. The first-order valence-electron chi connectivity index (χ1n) is 10.7. The normalized spacial score (nSPS) is 17.8. The predicted octanol–water partition coefficient (Wildman–Crippen LogP) is 3.83. The summed E-state index contributed by atoms with van der Waals surface area (Å²) in [7, 11) is 1.64. The van der Waals surface area contributed by atoms with Crippen molar-refractivity contribution in [1.29, 1.82) is 0 Å². The molecule has 0 bridgehead atoms. The Bertz CT molecular complexity index is 988. The topological polar surface area (TPSA) is 80.5 Å². The van der Waals surface area contributed by atoms with Gasteiger partial charge < -0.3 is 14.6 Å². The fourth-order valence-corrected chi connectivity index (χ4v) is 3.94. The number of amides is 1. The number of carbonyl (C=O) groups excluding carboxylic acids is 1. The number of carbonyl (C=O) groups is 1. The molecule has 0 saturated carbocycles. The van der Waals surface area contributed by atoms with Gasteiger partial charge in [-0.05, 0) is 44.0 Å². The second-order valence-electron chi connectivity index (χ2n) is 7.96. The molecule has 7 heteroatoms. The zero-order valence-electron chi connectivity index (χ0n) is 18.0. The summed E-state index contributed by atoms with van der Waals surface area (Å²) < 4.78 is 10.6. The largest absolute Gasteiger partial charge is 0.497 e. The molecule has 1 fully saturated rings. The molecule has 7 nitrogen and oxygen atoms in total. The number of hydrogen-bond acceptors (Lipinski definition) is 6. The van der Waals surface area contributed by atoms with Crippen LogP contribution in [0.2, 0.25) is 0 Å². The molecule has 1 aromatic heterocycles. The van der Waals surface area contributed by atoms with Crippen molar-refractivity contribution in [1.82, 2.24) is 20.4 Å². The smallest absolute Gasteiger partial charge is 0.241 e. The predicted molar refractivity (Wildman–Crippen MR) is 117 cm³/mol. The maximum Gasteiger partial charge on any atom is 0.241 e. The van der Waals surface area contributed by atoms with Crippen LogP contribution in [0.4, 0.5) is 0 Å². The number of likely N-dealkylation sites (tertiary alicyclic amines) is 1. The summed E-state index contributed by atoms with van der Waals surface area (Å²) in [5.41, 5.74) is 1.99. The summed E-state index contributed by atoms with van der Waals surface area (Å²) in [5, 5.41) is 7.25. The minimum Gasteiger partial charge on any atom is -0.497 e. The highest BCUT2D eigenvalue weighted by molar-refractivity contribution is 5.79. The third kappa shape index (κ3) is 5.30. The summed E-state index contributed by atoms with van der Waals surface area (Å²) in [4.78, 5) is 19.6. The van der Waals surface area contributed by atoms with Gasteiger partial charge in [-0.25, -0.2) is 0 Å². The van der Waals surface area contributed by atoms with Crippen molar-refractivity contribution in [2.75, 3.05) is 20.2 Å². The molecular weight excluding hydrogens is 392 g/mol. The van der Waals surface area contributed by atoms with Crippen LogP contribution in [0.5, 0.6) is 5.75 Å². The van der Waals surface area contributed by atoms with Crippen LogP contribution in [0, 0.1) is 5.92 Å². The van der Waals surface area contributed by atoms with E-state index in [0.717, 1.165) is 36.3 Å². The van der Waals surface area contributed by atoms with Gasteiger partial charge in [0.05, 0.1) is 25.6 Å². The van der Waals surface area contributed by atoms with Gasteiger partial charge in [-0.3, -0.25) is 9.69 Å². The fraction of sp³-hybridized carbons (Fsp3) is 0.375. The molecule has 2 unspecified atom stereocenters. The summed E-state index contributed by atoms with van der Waals surface area (Å²) in [6.45, 7) is 4.16. The second kappa shape index (κ2) is 9.75. The fourth-order valence-electron chi connectivity index (χ4n) is 3.94. The summed E-state index contributed by atoms with van der Waals surface area (Å²) in [6, 6.07) is 17.5. The molecule has 162 valence electrons. The SMILES string of the molecule is COc1ccc(C(C)NC(=O)C2CCCN(Cc3nc(-c4ccccc4)no3)C2)cc1. The molecule has 1 N–H and O–H groups in total. The van der Waals surface area contributed by atoms with Gasteiger partial charge in [-0.1, -0.05) is 47.6 Å². The monoisotopic (exact) mass is 420 g/mol. The van der Waals surface area contributed by atoms with Crippen molar-refractivity contribution in [2.45, 2.75) is 32.4 Å². The maximum atomic E-state index is 12.9. The molecule has 2 atom stereocenters. The molecule has 4 rings (SSSR count). The molecular formula is C24H28N4O3. The van der Waals surface area contributed by atoms with E-state index in [0.29, 0.717) is 24.8 Å². The number of nitrogens with one attached hydrogen (secondary N) is 1. The summed E-state index contributed by atoms with van der Waals surface area (Å²) in [6.07, 6.45) is 1.85. The highest BCUT2D eigenvalue weighted by atomic mass is 16.5. The van der Waals surface area contributed by atoms with Crippen LogP contribution in [0.15, 0.2) is 59.1 Å². The summed E-state index contributed by atoms with van der Waals surface area (Å²) in [5.74, 6) is 2.01. The van der Waals surface area contributed by atoms with E-state index < -0.39 is 0 Å². The van der Waals surface area contributed by atoms with Crippen LogP contribution < -0.4 is 10.1 Å². The lowest BCUT2D eigenvalue weighted by Gasteiger charge is -2.31. The Kier molecular flexibility index (Phi) is 6.62. The highest BCUT2D eigenvalue weighted by Gasteiger charge is 2.27. The van der Waals surface area contributed by atoms with E-state index in [2.05, 4.69) is 20.4 Å². The third-order valence-corrected chi connectivity index (χ3v) is 5.71. The zero-order valence-corrected chi connectivity index (χ0v) is 18.0. The van der Waals surface area contributed by atoms with Crippen molar-refractivity contribution >= 4 is 5.91 Å². The van der Waals surface area contributed by atoms with E-state index in [1.54, 1.807) is 7.11 Å². The number of ether oxygens (including phenoxy) is 1. The van der Waals surface area contributed by atoms with Crippen molar-refractivity contribution in [3.63, 3.8) is 0 Å². The molecule has 31 heavy (non-hydrogen) atoms. The van der Waals surface area contributed by atoms with Gasteiger partial charge >= 0.3 is 0 Å². The van der Waals surface area contributed by atoms with Crippen LogP contribution in [0.25, 0.3) is 11.4 Å². The molecule has 3 aromatic rings. The van der Waals surface area contributed by atoms with Crippen molar-refractivity contribution in [3.05, 3.63) is 66.1 Å². The Labute approximate surface area is 182 Å². The average Bonchev–Trinajstić information content (AvgIpc) is 3.28. The summed E-state index contributed by atoms with van der Waals surface area (Å²) >= 11 is 0. The van der Waals surface area contributed by atoms with E-state index in [1.807, 2.05) is 61.5 Å². The zero-order chi connectivity index (χ0) is 21.6. The third-order valence-electron chi connectivity index (χ3n) is 5.71. The van der Waals surface area contributed by atoms with Gasteiger partial charge in [0.2, 0.25) is 17.6 Å². The number of methoxy groups -OCH3 is 1. The molecule has 0 spiro atoms. The van der Waals surface area contributed by atoms with Gasteiger partial charge in [-0.2, -0.15) is 4.98 Å². The number of hydrogen-bond donors (Lipinski definition) is 1. The quantitative estimate of drug-likeness (QED) is 0.626. The molecule has 1 amide bonds. The number of benzene rings is 2. The van der Waals surface area contributed by atoms with E-state index in [-0.39, 0.29) is 17.9 Å². The molecule has 2 aromatic carbocycles. The Morgan fingerprint density at radius 1 is 1.23 bits per heavy atom. The number of rotatable bonds is 7. The first-order chi connectivity index (χ1) is 15.1. The standard InChI is InChI=1S/C24H28N4O3/c1-17(18-10-12-21(30-2)13-11-18)25-24(29)20-9-6-14-28(15-20)16-22-26-23(27-31-22)19-7-4-3-5-8-19/h3-5,7-8,10-13,17,20H,6,9,14-16H2,1-2H3,(H,25,29). The molecule has 0 aliphatic carbocycles.